The van der Waals surface area contributed by atoms with E-state index in [-0.39, 0.29) is 30.1 Å². The predicted molar refractivity (Wildman–Crippen MR) is 184 cm³/mol. The summed E-state index contributed by atoms with van der Waals surface area (Å²) < 4.78 is 6.12. The van der Waals surface area contributed by atoms with Crippen LogP contribution < -0.4 is 10.6 Å². The Morgan fingerprint density at radius 1 is 0.800 bits per heavy atom. The molecule has 0 unspecified atom stereocenters. The lowest BCUT2D eigenvalue weighted by molar-refractivity contribution is -0.156. The van der Waals surface area contributed by atoms with Crippen molar-refractivity contribution in [3.8, 4) is 0 Å². The van der Waals surface area contributed by atoms with Gasteiger partial charge in [0.2, 0.25) is 0 Å². The second kappa shape index (κ2) is 15.3. The molecular formula is C37H64N6O2. The van der Waals surface area contributed by atoms with Gasteiger partial charge in [0, 0.05) is 36.3 Å². The van der Waals surface area contributed by atoms with Crippen LogP contribution in [0.1, 0.15) is 156 Å². The maximum atomic E-state index is 13.5. The third kappa shape index (κ3) is 7.77. The van der Waals surface area contributed by atoms with Crippen LogP contribution in [0.4, 0.5) is 0 Å². The van der Waals surface area contributed by atoms with Crippen LogP contribution in [0.2, 0.25) is 0 Å². The average molecular weight is 625 g/mol. The maximum absolute atomic E-state index is 13.5. The van der Waals surface area contributed by atoms with E-state index in [9.17, 15) is 4.79 Å². The van der Waals surface area contributed by atoms with Crippen molar-refractivity contribution < 1.29 is 9.53 Å². The van der Waals surface area contributed by atoms with Gasteiger partial charge in [-0.15, -0.1) is 0 Å². The molecule has 6 aliphatic heterocycles. The van der Waals surface area contributed by atoms with Crippen LogP contribution in [-0.4, -0.2) is 82.1 Å². The number of hydrogen-bond donors (Lipinski definition) is 2. The van der Waals surface area contributed by atoms with Crippen molar-refractivity contribution in [1.82, 2.24) is 20.4 Å². The lowest BCUT2D eigenvalue weighted by Gasteiger charge is -2.47. The zero-order valence-electron chi connectivity index (χ0n) is 29.0. The fourth-order valence-corrected chi connectivity index (χ4v) is 9.74. The fourth-order valence-electron chi connectivity index (χ4n) is 9.74. The van der Waals surface area contributed by atoms with Crippen LogP contribution in [0.25, 0.3) is 0 Å². The molecule has 0 bridgehead atoms. The monoisotopic (exact) mass is 625 g/mol. The highest BCUT2D eigenvalue weighted by Crippen LogP contribution is 2.40. The molecular weight excluding hydrogens is 560 g/mol. The normalized spacial score (nSPS) is 35.5. The largest absolute Gasteiger partial charge is 0.462 e. The SMILES string of the molecule is CCCCCCCCC[C@H]1C[C@H]2CC[C@@H]3[C@H](C(=O)O[C@H](C)CCCCC[C@H]4C[C@H]5CC[C@@H]6C[C@H](C)NC(=N4)N56)[C@H](C)N=C(N1)N23. The maximum Gasteiger partial charge on any atom is 0.313 e. The van der Waals surface area contributed by atoms with E-state index in [0.717, 1.165) is 25.2 Å². The van der Waals surface area contributed by atoms with Crippen molar-refractivity contribution in [1.29, 1.82) is 0 Å². The third-order valence-electron chi connectivity index (χ3n) is 12.0. The summed E-state index contributed by atoms with van der Waals surface area (Å²) in [6.07, 6.45) is 24.9. The van der Waals surface area contributed by atoms with Crippen molar-refractivity contribution in [3.63, 3.8) is 0 Å². The summed E-state index contributed by atoms with van der Waals surface area (Å²) in [4.78, 5) is 28.8. The molecule has 0 aromatic rings. The molecule has 45 heavy (non-hydrogen) atoms. The number of ether oxygens (including phenoxy) is 1. The molecule has 4 fully saturated rings. The Morgan fingerprint density at radius 2 is 1.47 bits per heavy atom. The third-order valence-corrected chi connectivity index (χ3v) is 12.0. The highest BCUT2D eigenvalue weighted by molar-refractivity contribution is 5.86. The van der Waals surface area contributed by atoms with E-state index >= 15 is 0 Å². The summed E-state index contributed by atoms with van der Waals surface area (Å²) in [5.74, 6) is 2.06. The standard InChI is InChI=1S/C37H64N6O2/c1-5-6-7-8-9-10-13-16-29-24-32-20-21-33-34(27(4)39-37(41-29)43(32)33)35(44)45-26(3)15-12-11-14-17-28-23-31-19-18-30-22-25(2)38-36(40-28)42(30)31/h25-34H,5-24H2,1-4H3,(H,38,40)(H,39,41)/t25-,26+,27-,28-,29-,30+,31+,32+,33+,34+/m0/s1. The van der Waals surface area contributed by atoms with Crippen LogP contribution in [0.3, 0.4) is 0 Å². The summed E-state index contributed by atoms with van der Waals surface area (Å²) >= 11 is 0. The first-order valence-corrected chi connectivity index (χ1v) is 19.4. The van der Waals surface area contributed by atoms with E-state index in [0.29, 0.717) is 36.3 Å². The second-order valence-corrected chi connectivity index (χ2v) is 15.7. The van der Waals surface area contributed by atoms with Crippen LogP contribution in [-0.2, 0) is 9.53 Å². The Balaban J connectivity index is 0.903. The molecule has 4 saturated heterocycles. The molecule has 0 amide bonds. The van der Waals surface area contributed by atoms with Gasteiger partial charge in [-0.25, -0.2) is 9.98 Å². The number of nitrogens with zero attached hydrogens (tertiary/aromatic N) is 4. The van der Waals surface area contributed by atoms with Crippen LogP contribution in [0.15, 0.2) is 9.98 Å². The van der Waals surface area contributed by atoms with Gasteiger partial charge in [-0.2, -0.15) is 0 Å². The number of hydrogen-bond acceptors (Lipinski definition) is 8. The summed E-state index contributed by atoms with van der Waals surface area (Å²) in [7, 11) is 0. The Kier molecular flexibility index (Phi) is 11.2. The molecule has 0 aliphatic carbocycles. The predicted octanol–water partition coefficient (Wildman–Crippen LogP) is 6.92. The lowest BCUT2D eigenvalue weighted by Crippen LogP contribution is -2.63. The van der Waals surface area contributed by atoms with E-state index < -0.39 is 0 Å². The van der Waals surface area contributed by atoms with Crippen LogP contribution in [0, 0.1) is 5.92 Å². The lowest BCUT2D eigenvalue weighted by atomic mass is 9.89. The molecule has 8 heteroatoms. The highest BCUT2D eigenvalue weighted by Gasteiger charge is 2.51. The zero-order valence-corrected chi connectivity index (χ0v) is 29.0. The number of esters is 1. The number of carbonyl (C=O) groups excluding carboxylic acids is 1. The summed E-state index contributed by atoms with van der Waals surface area (Å²) in [6, 6.07) is 3.66. The van der Waals surface area contributed by atoms with E-state index in [2.05, 4.69) is 48.1 Å². The van der Waals surface area contributed by atoms with Crippen molar-refractivity contribution in [2.75, 3.05) is 0 Å². The molecule has 10 atom stereocenters. The van der Waals surface area contributed by atoms with Crippen molar-refractivity contribution >= 4 is 17.9 Å². The Bertz CT molecular complexity index is 1050. The first-order chi connectivity index (χ1) is 21.9. The summed E-state index contributed by atoms with van der Waals surface area (Å²) in [5.41, 5.74) is 0. The molecule has 0 aromatic carbocycles. The Morgan fingerprint density at radius 3 is 2.29 bits per heavy atom. The van der Waals surface area contributed by atoms with E-state index in [1.165, 1.54) is 115 Å². The van der Waals surface area contributed by atoms with Crippen molar-refractivity contribution in [2.45, 2.75) is 211 Å². The average Bonchev–Trinajstić information content (AvgIpc) is 3.61. The number of rotatable bonds is 16. The zero-order chi connectivity index (χ0) is 31.3. The van der Waals surface area contributed by atoms with E-state index in [4.69, 9.17) is 14.7 Å². The van der Waals surface area contributed by atoms with Crippen molar-refractivity contribution in [3.05, 3.63) is 0 Å². The minimum Gasteiger partial charge on any atom is -0.462 e. The van der Waals surface area contributed by atoms with Gasteiger partial charge in [0.25, 0.3) is 0 Å². The van der Waals surface area contributed by atoms with Gasteiger partial charge in [-0.1, -0.05) is 64.7 Å². The number of aliphatic imine (C=N–C) groups is 2. The number of carbonyl (C=O) groups is 1. The van der Waals surface area contributed by atoms with Gasteiger partial charge in [0.05, 0.1) is 24.1 Å². The Labute approximate surface area is 274 Å². The van der Waals surface area contributed by atoms with Gasteiger partial charge in [0.15, 0.2) is 11.9 Å². The van der Waals surface area contributed by atoms with Crippen LogP contribution >= 0.6 is 0 Å². The van der Waals surface area contributed by atoms with Gasteiger partial charge in [-0.05, 0) is 91.4 Å². The number of nitrogens with one attached hydrogen (secondary N) is 2. The molecule has 8 nitrogen and oxygen atoms in total. The summed E-state index contributed by atoms with van der Waals surface area (Å²) in [6.45, 7) is 8.79. The molecule has 6 heterocycles. The van der Waals surface area contributed by atoms with E-state index in [1.807, 2.05) is 0 Å². The highest BCUT2D eigenvalue weighted by atomic mass is 16.5. The Hall–Kier alpha value is -1.99. The first-order valence-electron chi connectivity index (χ1n) is 19.4. The molecule has 0 saturated carbocycles. The molecule has 6 rings (SSSR count). The van der Waals surface area contributed by atoms with Gasteiger partial charge in [0.1, 0.15) is 0 Å². The number of unbranched alkanes of at least 4 members (excludes halogenated alkanes) is 8. The minimum absolute atomic E-state index is 0.0275. The first kappa shape index (κ1) is 32.9. The van der Waals surface area contributed by atoms with E-state index in [1.54, 1.807) is 0 Å². The quantitative estimate of drug-likeness (QED) is 0.143. The van der Waals surface area contributed by atoms with Crippen molar-refractivity contribution in [2.24, 2.45) is 15.9 Å². The molecule has 0 aromatic heterocycles. The van der Waals surface area contributed by atoms with Gasteiger partial charge < -0.3 is 25.2 Å². The molecule has 2 N–H and O–H groups in total. The smallest absolute Gasteiger partial charge is 0.313 e. The topological polar surface area (TPSA) is 81.6 Å². The molecule has 254 valence electrons. The molecule has 0 spiro atoms. The summed E-state index contributed by atoms with van der Waals surface area (Å²) in [5, 5.41) is 7.46. The molecule has 0 radical (unpaired) electrons. The van der Waals surface area contributed by atoms with Gasteiger partial charge in [-0.3, -0.25) is 4.79 Å². The van der Waals surface area contributed by atoms with Gasteiger partial charge >= 0.3 is 5.97 Å². The number of guanidine groups is 2. The fraction of sp³-hybridized carbons (Fsp3) is 0.919. The van der Waals surface area contributed by atoms with Crippen LogP contribution in [0.5, 0.6) is 0 Å². The minimum atomic E-state index is -0.154. The second-order valence-electron chi connectivity index (χ2n) is 15.7. The molecule has 6 aliphatic rings.